The van der Waals surface area contributed by atoms with Gasteiger partial charge in [0.05, 0.1) is 3.79 Å². The molecule has 1 saturated carbocycles. The Morgan fingerprint density at radius 1 is 1.47 bits per heavy atom. The van der Waals surface area contributed by atoms with Crippen LogP contribution in [0.4, 0.5) is 0 Å². The van der Waals surface area contributed by atoms with Gasteiger partial charge in [0.15, 0.2) is 0 Å². The highest BCUT2D eigenvalue weighted by Crippen LogP contribution is 2.24. The van der Waals surface area contributed by atoms with E-state index in [1.807, 2.05) is 17.5 Å². The van der Waals surface area contributed by atoms with E-state index in [0.717, 1.165) is 35.0 Å². The molecule has 1 aliphatic rings. The van der Waals surface area contributed by atoms with Crippen LogP contribution in [0.15, 0.2) is 21.3 Å². The Balaban J connectivity index is 1.77. The van der Waals surface area contributed by atoms with Gasteiger partial charge in [0.1, 0.15) is 0 Å². The summed E-state index contributed by atoms with van der Waals surface area (Å²) in [6.45, 7) is 0.271. The monoisotopic (exact) mass is 343 g/mol. The summed E-state index contributed by atoms with van der Waals surface area (Å²) in [5.41, 5.74) is 1.04. The number of nitrogens with one attached hydrogen (secondary N) is 1. The average Bonchev–Trinajstić information content (AvgIpc) is 2.83. The van der Waals surface area contributed by atoms with E-state index in [0.29, 0.717) is 5.92 Å². The molecule has 2 N–H and O–H groups in total. The number of hydrogen-bond acceptors (Lipinski definition) is 3. The standard InChI is InChI=1S/C14H18BrNO2S/c15-13-7-11(9-19-13)3-6-14(18)16-12-4-1-10(8-17)2-5-12/h3,6-7,9-10,12,17H,1-2,4-5,8H2,(H,16,18)/b6-3+. The van der Waals surface area contributed by atoms with Crippen molar-refractivity contribution in [3.63, 3.8) is 0 Å². The zero-order valence-corrected chi connectivity index (χ0v) is 13.0. The summed E-state index contributed by atoms with van der Waals surface area (Å²) in [4.78, 5) is 11.8. The van der Waals surface area contributed by atoms with E-state index in [2.05, 4.69) is 21.2 Å². The predicted molar refractivity (Wildman–Crippen MR) is 82.0 cm³/mol. The molecule has 0 bridgehead atoms. The van der Waals surface area contributed by atoms with Crippen LogP contribution in [0.1, 0.15) is 31.2 Å². The Kier molecular flexibility index (Phi) is 5.60. The summed E-state index contributed by atoms with van der Waals surface area (Å²) >= 11 is 5.00. The first-order valence-corrected chi connectivity index (χ1v) is 8.18. The van der Waals surface area contributed by atoms with Crippen LogP contribution in [-0.4, -0.2) is 23.7 Å². The summed E-state index contributed by atoms with van der Waals surface area (Å²) in [7, 11) is 0. The largest absolute Gasteiger partial charge is 0.396 e. The fraction of sp³-hybridized carbons (Fsp3) is 0.500. The van der Waals surface area contributed by atoms with Gasteiger partial charge in [-0.2, -0.15) is 0 Å². The number of aliphatic hydroxyl groups excluding tert-OH is 1. The van der Waals surface area contributed by atoms with Gasteiger partial charge in [0.25, 0.3) is 0 Å². The quantitative estimate of drug-likeness (QED) is 0.824. The van der Waals surface area contributed by atoms with E-state index < -0.39 is 0 Å². The topological polar surface area (TPSA) is 49.3 Å². The van der Waals surface area contributed by atoms with Crippen molar-refractivity contribution in [2.45, 2.75) is 31.7 Å². The molecule has 0 spiro atoms. The second-order valence-electron chi connectivity index (χ2n) is 4.93. The van der Waals surface area contributed by atoms with Gasteiger partial charge in [-0.05, 0) is 70.6 Å². The molecular weight excluding hydrogens is 326 g/mol. The molecule has 1 aromatic heterocycles. The van der Waals surface area contributed by atoms with Crippen molar-refractivity contribution in [2.24, 2.45) is 5.92 Å². The summed E-state index contributed by atoms with van der Waals surface area (Å²) in [6, 6.07) is 2.25. The Hall–Kier alpha value is -0.650. The lowest BCUT2D eigenvalue weighted by Gasteiger charge is -2.27. The summed E-state index contributed by atoms with van der Waals surface area (Å²) in [5, 5.41) is 14.1. The third-order valence-corrected chi connectivity index (χ3v) is 4.99. The van der Waals surface area contributed by atoms with E-state index in [1.165, 1.54) is 0 Å². The van der Waals surface area contributed by atoms with Crippen LogP contribution < -0.4 is 5.32 Å². The molecule has 1 fully saturated rings. The number of amides is 1. The number of aliphatic hydroxyl groups is 1. The van der Waals surface area contributed by atoms with Crippen LogP contribution in [0.3, 0.4) is 0 Å². The number of carbonyl (C=O) groups is 1. The zero-order valence-electron chi connectivity index (χ0n) is 10.6. The van der Waals surface area contributed by atoms with Crippen LogP contribution in [0.2, 0.25) is 0 Å². The van der Waals surface area contributed by atoms with Crippen LogP contribution in [0.25, 0.3) is 6.08 Å². The molecule has 0 radical (unpaired) electrons. The van der Waals surface area contributed by atoms with Crippen molar-refractivity contribution in [1.82, 2.24) is 5.32 Å². The lowest BCUT2D eigenvalue weighted by Crippen LogP contribution is -2.37. The lowest BCUT2D eigenvalue weighted by atomic mass is 9.86. The average molecular weight is 344 g/mol. The molecule has 0 aliphatic heterocycles. The van der Waals surface area contributed by atoms with Crippen molar-refractivity contribution < 1.29 is 9.90 Å². The molecule has 104 valence electrons. The summed E-state index contributed by atoms with van der Waals surface area (Å²) < 4.78 is 1.06. The Bertz CT molecular complexity index is 450. The Labute approximate surface area is 125 Å². The van der Waals surface area contributed by atoms with Gasteiger partial charge in [-0.25, -0.2) is 0 Å². The minimum atomic E-state index is -0.0326. The maximum Gasteiger partial charge on any atom is 0.244 e. The molecule has 0 atom stereocenters. The third kappa shape index (κ3) is 4.75. The van der Waals surface area contributed by atoms with Crippen molar-refractivity contribution in [3.8, 4) is 0 Å². The number of thiophene rings is 1. The SMILES string of the molecule is O=C(/C=C/c1csc(Br)c1)NC1CCC(CO)CC1. The molecular formula is C14H18BrNO2S. The maximum absolute atomic E-state index is 11.8. The van der Waals surface area contributed by atoms with Gasteiger partial charge < -0.3 is 10.4 Å². The normalized spacial score (nSPS) is 23.7. The first-order valence-electron chi connectivity index (χ1n) is 6.51. The molecule has 19 heavy (non-hydrogen) atoms. The fourth-order valence-electron chi connectivity index (χ4n) is 2.32. The number of carbonyl (C=O) groups excluding carboxylic acids is 1. The zero-order chi connectivity index (χ0) is 13.7. The second kappa shape index (κ2) is 7.22. The Morgan fingerprint density at radius 2 is 2.21 bits per heavy atom. The fourth-order valence-corrected chi connectivity index (χ4v) is 3.47. The van der Waals surface area contributed by atoms with E-state index in [-0.39, 0.29) is 18.6 Å². The molecule has 0 aromatic carbocycles. The molecule has 1 heterocycles. The van der Waals surface area contributed by atoms with Crippen LogP contribution >= 0.6 is 27.3 Å². The highest BCUT2D eigenvalue weighted by atomic mass is 79.9. The molecule has 1 aliphatic carbocycles. The lowest BCUT2D eigenvalue weighted by molar-refractivity contribution is -0.117. The van der Waals surface area contributed by atoms with E-state index >= 15 is 0 Å². The van der Waals surface area contributed by atoms with E-state index in [9.17, 15) is 4.79 Å². The highest BCUT2D eigenvalue weighted by Gasteiger charge is 2.21. The van der Waals surface area contributed by atoms with Crippen LogP contribution in [0.5, 0.6) is 0 Å². The maximum atomic E-state index is 11.8. The van der Waals surface area contributed by atoms with Crippen molar-refractivity contribution in [1.29, 1.82) is 0 Å². The van der Waals surface area contributed by atoms with Gasteiger partial charge >= 0.3 is 0 Å². The molecule has 2 rings (SSSR count). The molecule has 3 nitrogen and oxygen atoms in total. The minimum absolute atomic E-state index is 0.0326. The predicted octanol–water partition coefficient (Wildman–Crippen LogP) is 3.19. The van der Waals surface area contributed by atoms with Crippen LogP contribution in [0, 0.1) is 5.92 Å². The first kappa shape index (κ1) is 14.8. The second-order valence-corrected chi connectivity index (χ2v) is 7.22. The highest BCUT2D eigenvalue weighted by molar-refractivity contribution is 9.11. The summed E-state index contributed by atoms with van der Waals surface area (Å²) in [5.74, 6) is 0.390. The number of halogens is 1. The van der Waals surface area contributed by atoms with E-state index in [4.69, 9.17) is 5.11 Å². The van der Waals surface area contributed by atoms with E-state index in [1.54, 1.807) is 17.4 Å². The molecule has 1 amide bonds. The van der Waals surface area contributed by atoms with Crippen molar-refractivity contribution in [3.05, 3.63) is 26.9 Å². The number of rotatable bonds is 4. The summed E-state index contributed by atoms with van der Waals surface area (Å²) in [6.07, 6.45) is 7.36. The minimum Gasteiger partial charge on any atom is -0.396 e. The smallest absolute Gasteiger partial charge is 0.244 e. The molecule has 1 aromatic rings. The third-order valence-electron chi connectivity index (χ3n) is 3.47. The first-order chi connectivity index (χ1) is 9.17. The molecule has 5 heteroatoms. The van der Waals surface area contributed by atoms with Crippen molar-refractivity contribution in [2.75, 3.05) is 6.61 Å². The van der Waals surface area contributed by atoms with Gasteiger partial charge in [0, 0.05) is 18.7 Å². The Morgan fingerprint density at radius 3 is 2.79 bits per heavy atom. The van der Waals surface area contributed by atoms with Gasteiger partial charge in [-0.15, -0.1) is 11.3 Å². The van der Waals surface area contributed by atoms with Crippen molar-refractivity contribution >= 4 is 39.2 Å². The molecule has 0 unspecified atom stereocenters. The molecule has 0 saturated heterocycles. The van der Waals surface area contributed by atoms with Crippen LogP contribution in [-0.2, 0) is 4.79 Å². The van der Waals surface area contributed by atoms with Gasteiger partial charge in [-0.3, -0.25) is 4.79 Å². The van der Waals surface area contributed by atoms with Gasteiger partial charge in [-0.1, -0.05) is 0 Å². The van der Waals surface area contributed by atoms with Gasteiger partial charge in [0.2, 0.25) is 5.91 Å². The number of hydrogen-bond donors (Lipinski definition) is 2.